The Morgan fingerprint density at radius 2 is 2.04 bits per heavy atom. The Balaban J connectivity index is 1.55. The number of furan rings is 1. The molecule has 26 heavy (non-hydrogen) atoms. The van der Waals surface area contributed by atoms with Crippen molar-refractivity contribution in [2.75, 3.05) is 6.61 Å². The van der Waals surface area contributed by atoms with Crippen LogP contribution < -0.4 is 15.8 Å². The van der Waals surface area contributed by atoms with Gasteiger partial charge in [0.05, 0.1) is 18.4 Å². The standard InChI is InChI=1S/C18H19N3O5/c19-17(20)15-6-5-14(26-15)10-1-3-13(4-2-10)25-9-12-7-11(8-16(22)23)18(24)21-12/h1-6,11-12H,7-9H2,(H3,19,20)(H,21,24)(H,22,23)/t11-,12-/m0/s1. The number of nitrogens with two attached hydrogens (primary N) is 1. The predicted molar refractivity (Wildman–Crippen MR) is 92.9 cm³/mol. The van der Waals surface area contributed by atoms with Gasteiger partial charge < -0.3 is 25.3 Å². The van der Waals surface area contributed by atoms with E-state index >= 15 is 0 Å². The van der Waals surface area contributed by atoms with Crippen molar-refractivity contribution in [1.29, 1.82) is 5.41 Å². The summed E-state index contributed by atoms with van der Waals surface area (Å²) in [6, 6.07) is 10.4. The molecule has 8 heteroatoms. The van der Waals surface area contributed by atoms with Gasteiger partial charge in [0.1, 0.15) is 18.1 Å². The number of carbonyl (C=O) groups is 2. The van der Waals surface area contributed by atoms with Crippen molar-refractivity contribution in [3.05, 3.63) is 42.2 Å². The molecule has 0 spiro atoms. The molecule has 0 bridgehead atoms. The van der Waals surface area contributed by atoms with Crippen molar-refractivity contribution in [3.8, 4) is 17.1 Å². The van der Waals surface area contributed by atoms with Crippen LogP contribution in [0.1, 0.15) is 18.6 Å². The third kappa shape index (κ3) is 4.02. The number of benzene rings is 1. The Bertz CT molecular complexity index is 828. The van der Waals surface area contributed by atoms with E-state index in [-0.39, 0.29) is 30.8 Å². The molecule has 1 aliphatic rings. The van der Waals surface area contributed by atoms with E-state index in [1.165, 1.54) is 0 Å². The van der Waals surface area contributed by atoms with Crippen LogP contribution in [0.25, 0.3) is 11.3 Å². The summed E-state index contributed by atoms with van der Waals surface area (Å²) in [7, 11) is 0. The number of nitrogen functional groups attached to an aromatic ring is 1. The van der Waals surface area contributed by atoms with Gasteiger partial charge in [0.2, 0.25) is 5.91 Å². The predicted octanol–water partition coefficient (Wildman–Crippen LogP) is 1.59. The molecule has 1 aromatic heterocycles. The van der Waals surface area contributed by atoms with E-state index in [2.05, 4.69) is 5.32 Å². The number of carboxylic acid groups (broad SMARTS) is 1. The highest BCUT2D eigenvalue weighted by molar-refractivity contribution is 5.92. The van der Waals surface area contributed by atoms with Crippen molar-refractivity contribution in [1.82, 2.24) is 5.32 Å². The number of nitrogens with one attached hydrogen (secondary N) is 2. The van der Waals surface area contributed by atoms with Gasteiger partial charge in [-0.1, -0.05) is 0 Å². The summed E-state index contributed by atoms with van der Waals surface area (Å²) in [5.74, 6) is -0.310. The summed E-state index contributed by atoms with van der Waals surface area (Å²) in [4.78, 5) is 22.5. The highest BCUT2D eigenvalue weighted by Crippen LogP contribution is 2.25. The third-order valence-electron chi connectivity index (χ3n) is 4.17. The van der Waals surface area contributed by atoms with Gasteiger partial charge >= 0.3 is 5.97 Å². The van der Waals surface area contributed by atoms with E-state index in [1.807, 2.05) is 12.1 Å². The van der Waals surface area contributed by atoms with Crippen LogP contribution >= 0.6 is 0 Å². The van der Waals surface area contributed by atoms with E-state index in [1.54, 1.807) is 24.3 Å². The zero-order chi connectivity index (χ0) is 18.7. The first-order valence-corrected chi connectivity index (χ1v) is 8.12. The maximum absolute atomic E-state index is 11.7. The van der Waals surface area contributed by atoms with Crippen molar-refractivity contribution < 1.29 is 23.8 Å². The lowest BCUT2D eigenvalue weighted by Gasteiger charge is -2.12. The summed E-state index contributed by atoms with van der Waals surface area (Å²) in [5.41, 5.74) is 6.20. The summed E-state index contributed by atoms with van der Waals surface area (Å²) >= 11 is 0. The normalized spacial score (nSPS) is 19.2. The van der Waals surface area contributed by atoms with Crippen LogP contribution in [-0.2, 0) is 9.59 Å². The van der Waals surface area contributed by atoms with Crippen LogP contribution in [0.4, 0.5) is 0 Å². The summed E-state index contributed by atoms with van der Waals surface area (Å²) in [6.07, 6.45) is 0.284. The lowest BCUT2D eigenvalue weighted by molar-refractivity contribution is -0.140. The molecule has 1 aromatic carbocycles. The zero-order valence-electron chi connectivity index (χ0n) is 13.9. The van der Waals surface area contributed by atoms with Crippen LogP contribution in [0.3, 0.4) is 0 Å². The average molecular weight is 357 g/mol. The number of amidine groups is 1. The van der Waals surface area contributed by atoms with Gasteiger partial charge in [0.25, 0.3) is 0 Å². The Kier molecular flexibility index (Phi) is 4.92. The van der Waals surface area contributed by atoms with Crippen molar-refractivity contribution in [3.63, 3.8) is 0 Å². The van der Waals surface area contributed by atoms with Crippen LogP contribution in [0, 0.1) is 11.3 Å². The van der Waals surface area contributed by atoms with E-state index < -0.39 is 11.9 Å². The minimum Gasteiger partial charge on any atom is -0.491 e. The van der Waals surface area contributed by atoms with Gasteiger partial charge in [-0.2, -0.15) is 0 Å². The molecule has 2 aromatic rings. The maximum Gasteiger partial charge on any atom is 0.304 e. The number of amides is 1. The molecule has 8 nitrogen and oxygen atoms in total. The summed E-state index contributed by atoms with van der Waals surface area (Å²) < 4.78 is 11.2. The average Bonchev–Trinajstić information content (AvgIpc) is 3.21. The first-order chi connectivity index (χ1) is 12.4. The molecule has 2 heterocycles. The molecule has 0 unspecified atom stereocenters. The minimum absolute atomic E-state index is 0.129. The summed E-state index contributed by atoms with van der Waals surface area (Å²) in [5, 5.41) is 18.9. The van der Waals surface area contributed by atoms with Crippen LogP contribution in [-0.4, -0.2) is 35.5 Å². The molecular weight excluding hydrogens is 338 g/mol. The van der Waals surface area contributed by atoms with Gasteiger partial charge in [-0.15, -0.1) is 0 Å². The molecule has 2 atom stereocenters. The Labute approximate surface area is 149 Å². The number of hydrogen-bond acceptors (Lipinski definition) is 5. The number of carboxylic acids is 1. The highest BCUT2D eigenvalue weighted by atomic mass is 16.5. The van der Waals surface area contributed by atoms with Crippen LogP contribution in [0.2, 0.25) is 0 Å². The first kappa shape index (κ1) is 17.5. The fourth-order valence-corrected chi connectivity index (χ4v) is 2.87. The molecule has 0 radical (unpaired) electrons. The molecule has 3 rings (SSSR count). The lowest BCUT2D eigenvalue weighted by Crippen LogP contribution is -2.31. The molecule has 1 saturated heterocycles. The van der Waals surface area contributed by atoms with E-state index in [0.29, 0.717) is 23.7 Å². The van der Waals surface area contributed by atoms with Gasteiger partial charge in [-0.25, -0.2) is 0 Å². The molecule has 0 saturated carbocycles. The zero-order valence-corrected chi connectivity index (χ0v) is 13.9. The second-order valence-corrected chi connectivity index (χ2v) is 6.15. The SMILES string of the molecule is N=C(N)c1ccc(-c2ccc(OC[C@@H]3C[C@@H](CC(=O)O)C(=O)N3)cc2)o1. The monoisotopic (exact) mass is 357 g/mol. The smallest absolute Gasteiger partial charge is 0.304 e. The molecule has 1 aliphatic heterocycles. The van der Waals surface area contributed by atoms with Gasteiger partial charge in [0.15, 0.2) is 11.6 Å². The van der Waals surface area contributed by atoms with Crippen molar-refractivity contribution >= 4 is 17.7 Å². The summed E-state index contributed by atoms with van der Waals surface area (Å²) in [6.45, 7) is 0.274. The van der Waals surface area contributed by atoms with Gasteiger partial charge in [0, 0.05) is 5.56 Å². The highest BCUT2D eigenvalue weighted by Gasteiger charge is 2.33. The van der Waals surface area contributed by atoms with E-state index in [0.717, 1.165) is 5.56 Å². The van der Waals surface area contributed by atoms with Crippen molar-refractivity contribution in [2.45, 2.75) is 18.9 Å². The fraction of sp³-hybridized carbons (Fsp3) is 0.278. The Morgan fingerprint density at radius 1 is 1.31 bits per heavy atom. The number of rotatable bonds is 7. The number of ether oxygens (including phenoxy) is 1. The first-order valence-electron chi connectivity index (χ1n) is 8.12. The van der Waals surface area contributed by atoms with E-state index in [4.69, 9.17) is 25.4 Å². The molecule has 0 aliphatic carbocycles. The Hall–Kier alpha value is -3.29. The largest absolute Gasteiger partial charge is 0.491 e. The second kappa shape index (κ2) is 7.30. The van der Waals surface area contributed by atoms with E-state index in [9.17, 15) is 9.59 Å². The molecular formula is C18H19N3O5. The topological polar surface area (TPSA) is 139 Å². The maximum atomic E-state index is 11.7. The number of hydrogen-bond donors (Lipinski definition) is 4. The molecule has 1 fully saturated rings. The second-order valence-electron chi connectivity index (χ2n) is 6.15. The van der Waals surface area contributed by atoms with Crippen molar-refractivity contribution in [2.24, 2.45) is 11.7 Å². The van der Waals surface area contributed by atoms with Crippen LogP contribution in [0.15, 0.2) is 40.8 Å². The lowest BCUT2D eigenvalue weighted by atomic mass is 10.0. The van der Waals surface area contributed by atoms with Gasteiger partial charge in [-0.05, 0) is 42.8 Å². The Morgan fingerprint density at radius 3 is 2.65 bits per heavy atom. The molecule has 1 amide bonds. The van der Waals surface area contributed by atoms with Crippen LogP contribution in [0.5, 0.6) is 5.75 Å². The third-order valence-corrected chi connectivity index (χ3v) is 4.17. The quantitative estimate of drug-likeness (QED) is 0.438. The number of carbonyl (C=O) groups excluding carboxylic acids is 1. The number of aliphatic carboxylic acids is 1. The fourth-order valence-electron chi connectivity index (χ4n) is 2.87. The van der Waals surface area contributed by atoms with Gasteiger partial charge in [-0.3, -0.25) is 15.0 Å². The minimum atomic E-state index is -0.979. The molecule has 136 valence electrons. The molecule has 5 N–H and O–H groups in total.